The lowest BCUT2D eigenvalue weighted by atomic mass is 10.2. The summed E-state index contributed by atoms with van der Waals surface area (Å²) in [5, 5.41) is 4.27. The van der Waals surface area contributed by atoms with Crippen molar-refractivity contribution in [1.82, 2.24) is 15.5 Å². The van der Waals surface area contributed by atoms with E-state index in [0.717, 1.165) is 4.88 Å². The van der Waals surface area contributed by atoms with Crippen LogP contribution >= 0.6 is 11.3 Å². The first kappa shape index (κ1) is 19.2. The highest BCUT2D eigenvalue weighted by Crippen LogP contribution is 2.19. The van der Waals surface area contributed by atoms with E-state index in [-0.39, 0.29) is 13.1 Å². The summed E-state index contributed by atoms with van der Waals surface area (Å²) in [5.41, 5.74) is 0. The molecule has 2 heterocycles. The average Bonchev–Trinajstić information content (AvgIpc) is 3.18. The number of rotatable bonds is 5. The molecule has 2 N–H and O–H groups in total. The Hall–Kier alpha value is -2.10. The fraction of sp³-hybridized carbons (Fsp3) is 0.533. The smallest absolute Gasteiger partial charge is 0.345 e. The Morgan fingerprint density at radius 2 is 2.00 bits per heavy atom. The number of nitrogens with one attached hydrogen (secondary N) is 2. The van der Waals surface area contributed by atoms with Crippen molar-refractivity contribution in [2.45, 2.75) is 32.0 Å². The molecule has 0 spiro atoms. The number of carbonyl (C=O) groups is 3. The first-order valence-electron chi connectivity index (χ1n) is 7.66. The molecule has 0 radical (unpaired) electrons. The zero-order valence-corrected chi connectivity index (χ0v) is 14.3. The van der Waals surface area contributed by atoms with Gasteiger partial charge in [-0.15, -0.1) is 11.3 Å². The molecule has 1 aliphatic heterocycles. The molecule has 1 aromatic heterocycles. The number of thiophene rings is 1. The maximum absolute atomic E-state index is 12.2. The first-order valence-corrected chi connectivity index (χ1v) is 8.47. The van der Waals surface area contributed by atoms with Gasteiger partial charge in [-0.05, 0) is 31.9 Å². The van der Waals surface area contributed by atoms with Crippen LogP contribution in [0, 0.1) is 6.92 Å². The minimum atomic E-state index is -4.50. The zero-order valence-electron chi connectivity index (χ0n) is 13.5. The molecule has 10 heteroatoms. The van der Waals surface area contributed by atoms with Gasteiger partial charge in [-0.3, -0.25) is 14.4 Å². The van der Waals surface area contributed by atoms with Crippen molar-refractivity contribution in [2.75, 3.05) is 19.6 Å². The second kappa shape index (κ2) is 7.85. The van der Waals surface area contributed by atoms with Gasteiger partial charge >= 0.3 is 6.18 Å². The largest absolute Gasteiger partial charge is 0.405 e. The second-order valence-electron chi connectivity index (χ2n) is 5.67. The minimum Gasteiger partial charge on any atom is -0.345 e. The van der Waals surface area contributed by atoms with Crippen LogP contribution in [0.25, 0.3) is 0 Å². The molecule has 6 nitrogen and oxygen atoms in total. The fourth-order valence-electron chi connectivity index (χ4n) is 2.54. The summed E-state index contributed by atoms with van der Waals surface area (Å²) in [6, 6.07) is 2.49. The monoisotopic (exact) mass is 377 g/mol. The number of carbonyl (C=O) groups excluding carboxylic acids is 3. The minimum absolute atomic E-state index is 0.275. The van der Waals surface area contributed by atoms with Crippen molar-refractivity contribution < 1.29 is 27.6 Å². The van der Waals surface area contributed by atoms with E-state index < -0.39 is 36.5 Å². The van der Waals surface area contributed by atoms with Gasteiger partial charge in [-0.1, -0.05) is 0 Å². The maximum atomic E-state index is 12.2. The third kappa shape index (κ3) is 5.45. The van der Waals surface area contributed by atoms with Gasteiger partial charge in [0.15, 0.2) is 0 Å². The van der Waals surface area contributed by atoms with Crippen LogP contribution in [0.1, 0.15) is 27.4 Å². The molecule has 3 amide bonds. The third-order valence-electron chi connectivity index (χ3n) is 3.70. The molecule has 1 aromatic rings. The van der Waals surface area contributed by atoms with Gasteiger partial charge in [-0.25, -0.2) is 0 Å². The Kier molecular flexibility index (Phi) is 6.04. The summed E-state index contributed by atoms with van der Waals surface area (Å²) < 4.78 is 36.6. The van der Waals surface area contributed by atoms with E-state index >= 15 is 0 Å². The number of alkyl halides is 3. The number of nitrogens with zero attached hydrogens (tertiary/aromatic N) is 1. The highest BCUT2D eigenvalue weighted by molar-refractivity contribution is 7.13. The Morgan fingerprint density at radius 1 is 1.28 bits per heavy atom. The molecule has 1 fully saturated rings. The van der Waals surface area contributed by atoms with E-state index in [0.29, 0.717) is 17.7 Å². The SMILES string of the molecule is Cc1ccc(C(=O)NCC(=O)N2CCCC2C(=O)NCC(F)(F)F)s1. The number of aryl methyl sites for hydroxylation is 1. The lowest BCUT2D eigenvalue weighted by Crippen LogP contribution is -2.50. The van der Waals surface area contributed by atoms with Crippen LogP contribution in [0.15, 0.2) is 12.1 Å². The molecule has 138 valence electrons. The summed E-state index contributed by atoms with van der Waals surface area (Å²) in [5.74, 6) is -1.72. The van der Waals surface area contributed by atoms with Gasteiger partial charge in [0.1, 0.15) is 12.6 Å². The van der Waals surface area contributed by atoms with Crippen LogP contribution in [0.2, 0.25) is 0 Å². The van der Waals surface area contributed by atoms with Crippen LogP contribution in [0.3, 0.4) is 0 Å². The average molecular weight is 377 g/mol. The molecular weight excluding hydrogens is 359 g/mol. The molecule has 1 atom stereocenters. The summed E-state index contributed by atoms with van der Waals surface area (Å²) in [6.45, 7) is 0.384. The van der Waals surface area contributed by atoms with Gasteiger partial charge in [0.2, 0.25) is 11.8 Å². The van der Waals surface area contributed by atoms with Gasteiger partial charge in [-0.2, -0.15) is 13.2 Å². The molecule has 0 saturated carbocycles. The molecule has 1 unspecified atom stereocenters. The third-order valence-corrected chi connectivity index (χ3v) is 4.70. The van der Waals surface area contributed by atoms with Gasteiger partial charge in [0.05, 0.1) is 11.4 Å². The summed E-state index contributed by atoms with van der Waals surface area (Å²) >= 11 is 1.29. The van der Waals surface area contributed by atoms with Crippen LogP contribution < -0.4 is 10.6 Å². The summed E-state index contributed by atoms with van der Waals surface area (Å²) in [7, 11) is 0. The van der Waals surface area contributed by atoms with Crippen LogP contribution in [-0.4, -0.2) is 54.5 Å². The van der Waals surface area contributed by atoms with E-state index in [2.05, 4.69) is 5.32 Å². The highest BCUT2D eigenvalue weighted by Gasteiger charge is 2.36. The van der Waals surface area contributed by atoms with Crippen LogP contribution in [-0.2, 0) is 9.59 Å². The van der Waals surface area contributed by atoms with E-state index in [1.807, 2.05) is 6.92 Å². The molecule has 2 rings (SSSR count). The lowest BCUT2D eigenvalue weighted by molar-refractivity contribution is -0.144. The fourth-order valence-corrected chi connectivity index (χ4v) is 3.33. The van der Waals surface area contributed by atoms with Crippen molar-refractivity contribution in [1.29, 1.82) is 0 Å². The molecule has 0 aromatic carbocycles. The highest BCUT2D eigenvalue weighted by atomic mass is 32.1. The maximum Gasteiger partial charge on any atom is 0.405 e. The molecule has 0 bridgehead atoms. The summed E-state index contributed by atoms with van der Waals surface area (Å²) in [6.07, 6.45) is -3.68. The number of amides is 3. The molecular formula is C15H18F3N3O3S. The molecule has 25 heavy (non-hydrogen) atoms. The van der Waals surface area contributed by atoms with E-state index in [1.54, 1.807) is 17.4 Å². The zero-order chi connectivity index (χ0) is 18.6. The standard InChI is InChI=1S/C15H18F3N3O3S/c1-9-4-5-11(25-9)14(24)19-7-12(22)21-6-2-3-10(21)13(23)20-8-15(16,17)18/h4-5,10H,2-3,6-8H2,1H3,(H,19,24)(H,20,23). The second-order valence-corrected chi connectivity index (χ2v) is 6.96. The Morgan fingerprint density at radius 3 is 2.60 bits per heavy atom. The molecule has 1 aliphatic rings. The van der Waals surface area contributed by atoms with Gasteiger partial charge in [0, 0.05) is 11.4 Å². The van der Waals surface area contributed by atoms with Crippen molar-refractivity contribution in [3.63, 3.8) is 0 Å². The summed E-state index contributed by atoms with van der Waals surface area (Å²) in [4.78, 5) is 38.7. The number of halogens is 3. The predicted molar refractivity (Wildman–Crippen MR) is 85.2 cm³/mol. The van der Waals surface area contributed by atoms with Gasteiger partial charge < -0.3 is 15.5 Å². The number of likely N-dealkylation sites (tertiary alicyclic amines) is 1. The Bertz CT molecular complexity index is 660. The van der Waals surface area contributed by atoms with Crippen molar-refractivity contribution in [2.24, 2.45) is 0 Å². The van der Waals surface area contributed by atoms with Gasteiger partial charge in [0.25, 0.3) is 5.91 Å². The van der Waals surface area contributed by atoms with E-state index in [9.17, 15) is 27.6 Å². The number of hydrogen-bond acceptors (Lipinski definition) is 4. The normalized spacial score (nSPS) is 17.4. The number of hydrogen-bond donors (Lipinski definition) is 2. The van der Waals surface area contributed by atoms with E-state index in [1.165, 1.54) is 16.2 Å². The topological polar surface area (TPSA) is 78.5 Å². The van der Waals surface area contributed by atoms with Crippen molar-refractivity contribution in [3.05, 3.63) is 21.9 Å². The Labute approximate surface area is 146 Å². The van der Waals surface area contributed by atoms with Crippen molar-refractivity contribution in [3.8, 4) is 0 Å². The van der Waals surface area contributed by atoms with E-state index in [4.69, 9.17) is 0 Å². The lowest BCUT2D eigenvalue weighted by Gasteiger charge is -2.24. The van der Waals surface area contributed by atoms with Crippen LogP contribution in [0.5, 0.6) is 0 Å². The quantitative estimate of drug-likeness (QED) is 0.815. The van der Waals surface area contributed by atoms with Crippen molar-refractivity contribution >= 4 is 29.1 Å². The molecule has 0 aliphatic carbocycles. The van der Waals surface area contributed by atoms with Crippen LogP contribution in [0.4, 0.5) is 13.2 Å². The molecule has 1 saturated heterocycles. The first-order chi connectivity index (χ1) is 11.7. The Balaban J connectivity index is 1.87. The predicted octanol–water partition coefficient (Wildman–Crippen LogP) is 1.46.